The van der Waals surface area contributed by atoms with Crippen molar-refractivity contribution in [1.82, 2.24) is 0 Å². The van der Waals surface area contributed by atoms with Gasteiger partial charge in [-0.25, -0.2) is 4.89 Å². The predicted molar refractivity (Wildman–Crippen MR) is 67.6 cm³/mol. The molecule has 0 N–H and O–H groups in total. The van der Waals surface area contributed by atoms with E-state index in [0.29, 0.717) is 12.5 Å². The van der Waals surface area contributed by atoms with E-state index in [1.54, 1.807) is 0 Å². The molecule has 1 aromatic rings. The van der Waals surface area contributed by atoms with E-state index < -0.39 is 11.4 Å². The van der Waals surface area contributed by atoms with E-state index in [1.165, 1.54) is 0 Å². The highest BCUT2D eigenvalue weighted by atomic mass is 17.3. The summed E-state index contributed by atoms with van der Waals surface area (Å²) in [6.45, 7) is 9.36. The van der Waals surface area contributed by atoms with Crippen LogP contribution in [0.5, 0.6) is 0 Å². The van der Waals surface area contributed by atoms with Gasteiger partial charge in [0.1, 0.15) is 0 Å². The van der Waals surface area contributed by atoms with Gasteiger partial charge in [0.15, 0.2) is 5.60 Å². The molecule has 0 bridgehead atoms. The van der Waals surface area contributed by atoms with Gasteiger partial charge in [-0.15, -0.1) is 0 Å². The van der Waals surface area contributed by atoms with Crippen molar-refractivity contribution in [2.45, 2.75) is 39.1 Å². The van der Waals surface area contributed by atoms with Crippen molar-refractivity contribution in [3.05, 3.63) is 35.9 Å². The first-order valence-corrected chi connectivity index (χ1v) is 6.50. The lowest BCUT2D eigenvalue weighted by molar-refractivity contribution is -0.621. The molecular weight excluding hydrogens is 228 g/mol. The minimum Gasteiger partial charge on any atom is -0.341 e. The van der Waals surface area contributed by atoms with Crippen molar-refractivity contribution < 1.29 is 14.5 Å². The fraction of sp³-hybridized carbons (Fsp3) is 0.600. The van der Waals surface area contributed by atoms with Crippen LogP contribution in [0.25, 0.3) is 0 Å². The summed E-state index contributed by atoms with van der Waals surface area (Å²) in [5, 5.41) is 0. The Kier molecular flexibility index (Phi) is 2.40. The van der Waals surface area contributed by atoms with Crippen LogP contribution < -0.4 is 0 Å². The second kappa shape index (κ2) is 3.56. The molecule has 3 heteroatoms. The molecular formula is C15H20O3. The van der Waals surface area contributed by atoms with Crippen molar-refractivity contribution in [2.24, 2.45) is 11.3 Å². The third-order valence-electron chi connectivity index (χ3n) is 4.28. The first-order valence-electron chi connectivity index (χ1n) is 6.50. The zero-order valence-electron chi connectivity index (χ0n) is 11.4. The molecule has 0 unspecified atom stereocenters. The van der Waals surface area contributed by atoms with Crippen molar-refractivity contribution in [3.63, 3.8) is 0 Å². The fourth-order valence-corrected chi connectivity index (χ4v) is 3.47. The van der Waals surface area contributed by atoms with Gasteiger partial charge in [-0.2, -0.15) is 4.89 Å². The highest BCUT2D eigenvalue weighted by Gasteiger charge is 2.77. The Morgan fingerprint density at radius 1 is 1.11 bits per heavy atom. The van der Waals surface area contributed by atoms with Crippen molar-refractivity contribution in [3.8, 4) is 0 Å². The molecule has 0 saturated carbocycles. The number of rotatable bonds is 1. The maximum atomic E-state index is 6.02. The summed E-state index contributed by atoms with van der Waals surface area (Å²) in [6.07, 6.45) is 0. The molecule has 3 nitrogen and oxygen atoms in total. The molecule has 0 spiro atoms. The highest BCUT2D eigenvalue weighted by Crippen LogP contribution is 2.64. The monoisotopic (exact) mass is 248 g/mol. The quantitative estimate of drug-likeness (QED) is 0.714. The van der Waals surface area contributed by atoms with Crippen LogP contribution in [-0.4, -0.2) is 12.2 Å². The average Bonchev–Trinajstić information content (AvgIpc) is 2.47. The zero-order valence-corrected chi connectivity index (χ0v) is 11.4. The van der Waals surface area contributed by atoms with Crippen LogP contribution >= 0.6 is 0 Å². The molecule has 0 aromatic heterocycles. The van der Waals surface area contributed by atoms with Crippen LogP contribution in [0.1, 0.15) is 33.3 Å². The molecule has 0 amide bonds. The second-order valence-electron chi connectivity index (χ2n) is 6.35. The highest BCUT2D eigenvalue weighted by molar-refractivity contribution is 5.30. The topological polar surface area (TPSA) is 27.7 Å². The van der Waals surface area contributed by atoms with Gasteiger partial charge in [0, 0.05) is 16.9 Å². The Morgan fingerprint density at radius 2 is 1.78 bits per heavy atom. The third kappa shape index (κ3) is 1.20. The molecule has 1 aromatic carbocycles. The Hall–Kier alpha value is -0.900. The second-order valence-corrected chi connectivity index (χ2v) is 6.35. The molecule has 3 atom stereocenters. The Morgan fingerprint density at radius 3 is 2.28 bits per heavy atom. The van der Waals surface area contributed by atoms with Gasteiger partial charge in [-0.05, 0) is 0 Å². The van der Waals surface area contributed by atoms with E-state index in [2.05, 4.69) is 27.7 Å². The van der Waals surface area contributed by atoms with Gasteiger partial charge in [0.2, 0.25) is 0 Å². The number of ether oxygens (including phenoxy) is 1. The molecule has 2 saturated heterocycles. The van der Waals surface area contributed by atoms with Crippen molar-refractivity contribution in [2.75, 3.05) is 6.61 Å². The first kappa shape index (κ1) is 12.2. The standard InChI is InChI=1S/C15H20O3/c1-11-10-16-15(12-8-6-5-7-9-12)14(11,17-18-15)13(2,3)4/h5-9,11H,10H2,1-4H3/t11-,14-,15+/m1/s1. The summed E-state index contributed by atoms with van der Waals surface area (Å²) in [5.41, 5.74) is 0.564. The summed E-state index contributed by atoms with van der Waals surface area (Å²) in [7, 11) is 0. The van der Waals surface area contributed by atoms with Crippen LogP contribution in [0.4, 0.5) is 0 Å². The summed E-state index contributed by atoms with van der Waals surface area (Å²) < 4.78 is 6.02. The zero-order chi connectivity index (χ0) is 13.0. The lowest BCUT2D eigenvalue weighted by atomic mass is 9.64. The molecule has 2 aliphatic heterocycles. The Bertz CT molecular complexity index is 451. The van der Waals surface area contributed by atoms with Gasteiger partial charge >= 0.3 is 0 Å². The van der Waals surface area contributed by atoms with Crippen molar-refractivity contribution in [1.29, 1.82) is 0 Å². The van der Waals surface area contributed by atoms with E-state index in [9.17, 15) is 0 Å². The molecule has 0 aliphatic carbocycles. The number of fused-ring (bicyclic) bond motifs is 1. The van der Waals surface area contributed by atoms with Crippen LogP contribution in [0.2, 0.25) is 0 Å². The van der Waals surface area contributed by atoms with E-state index in [-0.39, 0.29) is 5.41 Å². The average molecular weight is 248 g/mol. The molecule has 3 rings (SSSR count). The van der Waals surface area contributed by atoms with Gasteiger partial charge in [0.25, 0.3) is 5.79 Å². The first-order chi connectivity index (χ1) is 8.44. The van der Waals surface area contributed by atoms with E-state index in [4.69, 9.17) is 14.5 Å². The van der Waals surface area contributed by atoms with Gasteiger partial charge < -0.3 is 4.74 Å². The van der Waals surface area contributed by atoms with Gasteiger partial charge in [-0.3, -0.25) is 0 Å². The maximum absolute atomic E-state index is 6.02. The smallest absolute Gasteiger partial charge is 0.261 e. The summed E-state index contributed by atoms with van der Waals surface area (Å²) >= 11 is 0. The number of benzene rings is 1. The van der Waals surface area contributed by atoms with Crippen LogP contribution in [-0.2, 0) is 20.3 Å². The van der Waals surface area contributed by atoms with Crippen LogP contribution in [0, 0.1) is 11.3 Å². The predicted octanol–water partition coefficient (Wildman–Crippen LogP) is 3.25. The minimum atomic E-state index is -0.744. The molecule has 0 radical (unpaired) electrons. The fourth-order valence-electron chi connectivity index (χ4n) is 3.47. The molecule has 2 fully saturated rings. The van der Waals surface area contributed by atoms with Gasteiger partial charge in [-0.1, -0.05) is 58.0 Å². The van der Waals surface area contributed by atoms with Gasteiger partial charge in [0.05, 0.1) is 6.61 Å². The molecule has 98 valence electrons. The number of hydrogen-bond donors (Lipinski definition) is 0. The molecule has 2 heterocycles. The molecule has 18 heavy (non-hydrogen) atoms. The van der Waals surface area contributed by atoms with Crippen LogP contribution in [0.15, 0.2) is 30.3 Å². The maximum Gasteiger partial charge on any atom is 0.261 e. The van der Waals surface area contributed by atoms with E-state index >= 15 is 0 Å². The van der Waals surface area contributed by atoms with Crippen LogP contribution in [0.3, 0.4) is 0 Å². The van der Waals surface area contributed by atoms with E-state index in [1.807, 2.05) is 30.3 Å². The van der Waals surface area contributed by atoms with Crippen molar-refractivity contribution >= 4 is 0 Å². The van der Waals surface area contributed by atoms with E-state index in [0.717, 1.165) is 5.56 Å². The Balaban J connectivity index is 2.13. The largest absolute Gasteiger partial charge is 0.341 e. The SMILES string of the molecule is C[C@@H]1CO[C@@]2(c3ccccc3)OO[C@@]12C(C)(C)C. The summed E-state index contributed by atoms with van der Waals surface area (Å²) in [5.74, 6) is -0.446. The molecule has 2 aliphatic rings. The lowest BCUT2D eigenvalue weighted by Gasteiger charge is -2.58. The summed E-state index contributed by atoms with van der Waals surface area (Å²) in [6, 6.07) is 10.1. The lowest BCUT2D eigenvalue weighted by Crippen LogP contribution is -2.70. The third-order valence-corrected chi connectivity index (χ3v) is 4.28. The normalized spacial score (nSPS) is 39.2. The summed E-state index contributed by atoms with van der Waals surface area (Å²) in [4.78, 5) is 11.2. The minimum absolute atomic E-state index is 0.0585. The number of hydrogen-bond acceptors (Lipinski definition) is 3. The Labute approximate surface area is 108 Å².